The van der Waals surface area contributed by atoms with Crippen LogP contribution in [0.3, 0.4) is 0 Å². The van der Waals surface area contributed by atoms with Crippen LogP contribution in [-0.2, 0) is 19.1 Å². The number of nitrogens with two attached hydrogens (primary N) is 1. The third-order valence-corrected chi connectivity index (χ3v) is 5.21. The van der Waals surface area contributed by atoms with Gasteiger partial charge < -0.3 is 20.7 Å². The van der Waals surface area contributed by atoms with Gasteiger partial charge in [0.2, 0.25) is 11.8 Å². The molecule has 4 amide bonds. The highest BCUT2D eigenvalue weighted by Gasteiger charge is 2.38. The zero-order valence-electron chi connectivity index (χ0n) is 16.1. The molecule has 0 aromatic carbocycles. The van der Waals surface area contributed by atoms with E-state index in [1.165, 1.54) is 0 Å². The van der Waals surface area contributed by atoms with E-state index in [4.69, 9.17) is 10.5 Å². The number of carbonyl (C=O) groups excluding carboxylic acids is 4. The molecule has 0 radical (unpaired) electrons. The van der Waals surface area contributed by atoms with Gasteiger partial charge >= 0.3 is 6.03 Å². The fourth-order valence-corrected chi connectivity index (χ4v) is 3.26. The Balaban J connectivity index is 2.18. The van der Waals surface area contributed by atoms with Crippen molar-refractivity contribution in [2.75, 3.05) is 32.8 Å². The second-order valence-electron chi connectivity index (χ2n) is 7.33. The van der Waals surface area contributed by atoms with Crippen molar-refractivity contribution in [3.05, 3.63) is 0 Å². The molecule has 9 heteroatoms. The second kappa shape index (κ2) is 9.80. The average Bonchev–Trinajstić information content (AvgIpc) is 2.82. The van der Waals surface area contributed by atoms with Gasteiger partial charge in [0.1, 0.15) is 6.04 Å². The lowest BCUT2D eigenvalue weighted by atomic mass is 10.0. The maximum Gasteiger partial charge on any atom is 0.327 e. The molecule has 0 aliphatic carbocycles. The Morgan fingerprint density at radius 1 is 1.30 bits per heavy atom. The first kappa shape index (κ1) is 21.3. The first-order chi connectivity index (χ1) is 12.8. The van der Waals surface area contributed by atoms with Crippen LogP contribution in [0.15, 0.2) is 0 Å². The fraction of sp³-hybridized carbons (Fsp3) is 0.778. The molecule has 0 unspecified atom stereocenters. The first-order valence-corrected chi connectivity index (χ1v) is 9.55. The van der Waals surface area contributed by atoms with Crippen molar-refractivity contribution < 1.29 is 23.9 Å². The number of amides is 4. The van der Waals surface area contributed by atoms with Crippen molar-refractivity contribution >= 4 is 23.6 Å². The molecular formula is C18H30N4O5. The minimum atomic E-state index is -0.783. The number of hydrogen-bond acceptors (Lipinski definition) is 6. The maximum absolute atomic E-state index is 13.1. The smallest absolute Gasteiger partial charge is 0.327 e. The topological polar surface area (TPSA) is 122 Å². The first-order valence-electron chi connectivity index (χ1n) is 9.55. The summed E-state index contributed by atoms with van der Waals surface area (Å²) in [7, 11) is 0. The third kappa shape index (κ3) is 5.74. The van der Waals surface area contributed by atoms with E-state index in [1.807, 2.05) is 6.92 Å². The summed E-state index contributed by atoms with van der Waals surface area (Å²) < 4.78 is 5.27. The van der Waals surface area contributed by atoms with E-state index in [-0.39, 0.29) is 31.2 Å². The highest BCUT2D eigenvalue weighted by molar-refractivity contribution is 6.01. The highest BCUT2D eigenvalue weighted by Crippen LogP contribution is 2.19. The van der Waals surface area contributed by atoms with Crippen molar-refractivity contribution in [1.82, 2.24) is 15.1 Å². The van der Waals surface area contributed by atoms with Crippen LogP contribution in [-0.4, -0.2) is 78.4 Å². The number of imide groups is 1. The van der Waals surface area contributed by atoms with Crippen molar-refractivity contribution in [2.45, 2.75) is 51.6 Å². The summed E-state index contributed by atoms with van der Waals surface area (Å²) in [5, 5.41) is 3.11. The largest absolute Gasteiger partial charge is 0.378 e. The molecule has 0 bridgehead atoms. The molecule has 0 aromatic rings. The van der Waals surface area contributed by atoms with E-state index in [9.17, 15) is 19.2 Å². The van der Waals surface area contributed by atoms with Gasteiger partial charge in [-0.25, -0.2) is 4.79 Å². The van der Waals surface area contributed by atoms with Crippen molar-refractivity contribution in [1.29, 1.82) is 0 Å². The van der Waals surface area contributed by atoms with Crippen LogP contribution in [0.25, 0.3) is 0 Å². The number of urea groups is 1. The second-order valence-corrected chi connectivity index (χ2v) is 7.33. The number of ether oxygens (including phenoxy) is 1. The Morgan fingerprint density at radius 3 is 2.59 bits per heavy atom. The molecule has 2 rings (SSSR count). The molecule has 3 N–H and O–H groups in total. The minimum absolute atomic E-state index is 0.00700. The molecule has 27 heavy (non-hydrogen) atoms. The Hall–Kier alpha value is -2.00. The number of Topliss-reactive ketones (excluding diaryl/α,β-unsaturated/α-hetero) is 1. The van der Waals surface area contributed by atoms with E-state index in [2.05, 4.69) is 5.32 Å². The molecule has 2 fully saturated rings. The minimum Gasteiger partial charge on any atom is -0.378 e. The predicted octanol–water partition coefficient (Wildman–Crippen LogP) is -0.122. The number of morpholine rings is 1. The number of primary amides is 1. The Kier molecular flexibility index (Phi) is 7.73. The quantitative estimate of drug-likeness (QED) is 0.683. The number of hydrogen-bond donors (Lipinski definition) is 2. The number of nitrogens with one attached hydrogen (secondary N) is 1. The number of nitrogens with zero attached hydrogens (tertiary/aromatic N) is 2. The molecule has 9 nitrogen and oxygen atoms in total. The van der Waals surface area contributed by atoms with Crippen molar-refractivity contribution in [2.24, 2.45) is 11.7 Å². The highest BCUT2D eigenvalue weighted by atomic mass is 16.5. The fourth-order valence-electron chi connectivity index (χ4n) is 3.26. The van der Waals surface area contributed by atoms with Crippen LogP contribution in [0, 0.1) is 5.92 Å². The van der Waals surface area contributed by atoms with Gasteiger partial charge in [-0.2, -0.15) is 0 Å². The van der Waals surface area contributed by atoms with E-state index in [0.717, 1.165) is 4.90 Å². The van der Waals surface area contributed by atoms with Crippen molar-refractivity contribution in [3.8, 4) is 0 Å². The summed E-state index contributed by atoms with van der Waals surface area (Å²) in [4.78, 5) is 52.5. The monoisotopic (exact) mass is 382 g/mol. The van der Waals surface area contributed by atoms with Gasteiger partial charge in [-0.05, 0) is 26.2 Å². The molecule has 2 saturated heterocycles. The molecule has 2 aliphatic rings. The summed E-state index contributed by atoms with van der Waals surface area (Å²) in [5.74, 6) is -1.57. The van der Waals surface area contributed by atoms with Gasteiger partial charge in [-0.15, -0.1) is 0 Å². The maximum atomic E-state index is 13.1. The lowest BCUT2D eigenvalue weighted by molar-refractivity contribution is -0.137. The molecule has 3 atom stereocenters. The van der Waals surface area contributed by atoms with Gasteiger partial charge in [-0.3, -0.25) is 19.3 Å². The van der Waals surface area contributed by atoms with Crippen molar-refractivity contribution in [3.63, 3.8) is 0 Å². The molecule has 2 heterocycles. The molecule has 2 aliphatic heterocycles. The standard InChI is InChI=1S/C18H30N4O5/c1-12(17(19)25)3-6-16(24)22(18(26)21-7-9-27-10-8-21)14-5-4-13(2)20-11-15(14)23/h12-14,20H,3-11H2,1-2H3,(H2,19,25)/t12-,13+,14-/m0/s1. The normalized spacial score (nSPS) is 24.8. The Bertz CT molecular complexity index is 576. The molecule has 0 spiro atoms. The average molecular weight is 382 g/mol. The lowest BCUT2D eigenvalue weighted by Gasteiger charge is -2.35. The Morgan fingerprint density at radius 2 is 1.96 bits per heavy atom. The van der Waals surface area contributed by atoms with Gasteiger partial charge in [0.15, 0.2) is 5.78 Å². The summed E-state index contributed by atoms with van der Waals surface area (Å²) in [6.45, 7) is 5.33. The van der Waals surface area contributed by atoms with E-state index in [1.54, 1.807) is 11.8 Å². The SMILES string of the molecule is C[C@@H]1CC[C@H](N(C(=O)CC[C@H](C)C(N)=O)C(=O)N2CCOCC2)C(=O)CN1. The van der Waals surface area contributed by atoms with Gasteiger partial charge in [-0.1, -0.05) is 6.92 Å². The molecule has 152 valence electrons. The molecule has 0 aromatic heterocycles. The van der Waals surface area contributed by atoms with E-state index < -0.39 is 29.8 Å². The zero-order chi connectivity index (χ0) is 20.0. The predicted molar refractivity (Wildman–Crippen MR) is 97.7 cm³/mol. The number of rotatable bonds is 5. The Labute approximate surface area is 159 Å². The van der Waals surface area contributed by atoms with Crippen LogP contribution >= 0.6 is 0 Å². The number of carbonyl (C=O) groups is 4. The summed E-state index contributed by atoms with van der Waals surface area (Å²) >= 11 is 0. The number of ketones is 1. The van der Waals surface area contributed by atoms with Gasteiger partial charge in [0.05, 0.1) is 19.8 Å². The molecule has 0 saturated carbocycles. The molecular weight excluding hydrogens is 352 g/mol. The van der Waals surface area contributed by atoms with Crippen LogP contribution in [0.2, 0.25) is 0 Å². The van der Waals surface area contributed by atoms with E-state index >= 15 is 0 Å². The third-order valence-electron chi connectivity index (χ3n) is 5.21. The summed E-state index contributed by atoms with van der Waals surface area (Å²) in [6.07, 6.45) is 1.36. The lowest BCUT2D eigenvalue weighted by Crippen LogP contribution is -2.56. The summed E-state index contributed by atoms with van der Waals surface area (Å²) in [5.41, 5.74) is 5.26. The van der Waals surface area contributed by atoms with Crippen LogP contribution < -0.4 is 11.1 Å². The van der Waals surface area contributed by atoms with Crippen LogP contribution in [0.1, 0.15) is 39.5 Å². The van der Waals surface area contributed by atoms with Gasteiger partial charge in [0, 0.05) is 31.5 Å². The van der Waals surface area contributed by atoms with Crippen LogP contribution in [0.5, 0.6) is 0 Å². The zero-order valence-corrected chi connectivity index (χ0v) is 16.1. The summed E-state index contributed by atoms with van der Waals surface area (Å²) in [6, 6.07) is -1.10. The van der Waals surface area contributed by atoms with Gasteiger partial charge in [0.25, 0.3) is 0 Å². The van der Waals surface area contributed by atoms with Crippen LogP contribution in [0.4, 0.5) is 4.79 Å². The van der Waals surface area contributed by atoms with E-state index in [0.29, 0.717) is 39.1 Å².